The molecular formula is C6H2S. The fraction of sp³-hybridized carbons (Fsp3) is 0. The lowest BCUT2D eigenvalue weighted by molar-refractivity contribution is 2.46. The van der Waals surface area contributed by atoms with E-state index in [0.717, 1.165) is 0 Å². The molecule has 0 rings (SSSR count). The molecule has 0 spiro atoms. The van der Waals surface area contributed by atoms with Crippen LogP contribution in [-0.4, -0.2) is 0 Å². The SMILES string of the molecule is C#CC#CC#CS. The maximum Gasteiger partial charge on any atom is -0.000178 e. The second-order valence-corrected chi connectivity index (χ2v) is 0.855. The second kappa shape index (κ2) is 5.03. The Morgan fingerprint density at radius 1 is 1.14 bits per heavy atom. The van der Waals surface area contributed by atoms with E-state index in [1.807, 2.05) is 0 Å². The van der Waals surface area contributed by atoms with E-state index in [1.54, 1.807) is 0 Å². The average Bonchev–Trinajstić information content (AvgIpc) is 1.69. The van der Waals surface area contributed by atoms with Gasteiger partial charge in [-0.1, -0.05) is 12.6 Å². The predicted octanol–water partition coefficient (Wildman–Crippen LogP) is 0.514. The van der Waals surface area contributed by atoms with E-state index >= 15 is 0 Å². The molecule has 0 saturated heterocycles. The van der Waals surface area contributed by atoms with Crippen LogP contribution in [0, 0.1) is 35.4 Å². The van der Waals surface area contributed by atoms with Gasteiger partial charge in [0.05, 0.1) is 0 Å². The van der Waals surface area contributed by atoms with Crippen molar-refractivity contribution in [3.05, 3.63) is 0 Å². The van der Waals surface area contributed by atoms with Gasteiger partial charge in [-0.05, 0) is 28.9 Å². The first-order chi connectivity index (χ1) is 3.41. The molecule has 32 valence electrons. The van der Waals surface area contributed by atoms with Crippen LogP contribution in [0.2, 0.25) is 0 Å². The number of thiol groups is 1. The Balaban J connectivity index is 3.68. The molecule has 0 heterocycles. The molecule has 0 amide bonds. The summed E-state index contributed by atoms with van der Waals surface area (Å²) in [5, 5.41) is 2.28. The van der Waals surface area contributed by atoms with Crippen molar-refractivity contribution >= 4 is 12.6 Å². The molecule has 0 fully saturated rings. The first-order valence-corrected chi connectivity index (χ1v) is 1.96. The second-order valence-electron chi connectivity index (χ2n) is 0.631. The van der Waals surface area contributed by atoms with Gasteiger partial charge in [-0.25, -0.2) is 0 Å². The average molecular weight is 106 g/mol. The smallest absolute Gasteiger partial charge is 0.000178 e. The summed E-state index contributed by atoms with van der Waals surface area (Å²) in [4.78, 5) is 0. The molecule has 0 aliphatic carbocycles. The van der Waals surface area contributed by atoms with Crippen LogP contribution in [0.4, 0.5) is 0 Å². The van der Waals surface area contributed by atoms with Gasteiger partial charge < -0.3 is 0 Å². The minimum absolute atomic E-state index is 2.10. The molecule has 0 unspecified atom stereocenters. The van der Waals surface area contributed by atoms with Gasteiger partial charge in [0.2, 0.25) is 0 Å². The standard InChI is InChI=1S/C6H2S/c1-2-3-4-5-6-7/h1,7H. The maximum absolute atomic E-state index is 4.75. The van der Waals surface area contributed by atoms with E-state index in [-0.39, 0.29) is 0 Å². The van der Waals surface area contributed by atoms with Crippen molar-refractivity contribution in [2.24, 2.45) is 0 Å². The van der Waals surface area contributed by atoms with Crippen LogP contribution >= 0.6 is 12.6 Å². The Morgan fingerprint density at radius 3 is 2.29 bits per heavy atom. The van der Waals surface area contributed by atoms with Crippen molar-refractivity contribution in [2.75, 3.05) is 0 Å². The van der Waals surface area contributed by atoms with Gasteiger partial charge in [0.1, 0.15) is 0 Å². The van der Waals surface area contributed by atoms with Crippen molar-refractivity contribution in [2.45, 2.75) is 0 Å². The number of hydrogen-bond acceptors (Lipinski definition) is 1. The first-order valence-electron chi connectivity index (χ1n) is 1.51. The summed E-state index contributed by atoms with van der Waals surface area (Å²) in [6.45, 7) is 0. The Kier molecular flexibility index (Phi) is 4.33. The van der Waals surface area contributed by atoms with E-state index in [9.17, 15) is 0 Å². The van der Waals surface area contributed by atoms with Gasteiger partial charge in [-0.3, -0.25) is 0 Å². The molecule has 0 bridgehead atoms. The lowest BCUT2D eigenvalue weighted by Crippen LogP contribution is -1.44. The number of terminal acetylenes is 1. The molecule has 0 radical (unpaired) electrons. The Morgan fingerprint density at radius 2 is 1.86 bits per heavy atom. The summed E-state index contributed by atoms with van der Waals surface area (Å²) in [6.07, 6.45) is 4.75. The molecular weight excluding hydrogens is 104 g/mol. The molecule has 0 saturated carbocycles. The van der Waals surface area contributed by atoms with Gasteiger partial charge in [-0.2, -0.15) is 0 Å². The van der Waals surface area contributed by atoms with Crippen LogP contribution in [0.15, 0.2) is 0 Å². The summed E-state index contributed by atoms with van der Waals surface area (Å²) >= 11 is 3.56. The Hall–Kier alpha value is -0.970. The molecule has 0 aromatic rings. The largest absolute Gasteiger partial charge is 0.106 e. The van der Waals surface area contributed by atoms with Crippen molar-refractivity contribution in [3.8, 4) is 35.4 Å². The quantitative estimate of drug-likeness (QED) is 0.337. The zero-order chi connectivity index (χ0) is 5.54. The molecule has 0 aliphatic heterocycles. The molecule has 0 atom stereocenters. The van der Waals surface area contributed by atoms with E-state index in [4.69, 9.17) is 6.42 Å². The van der Waals surface area contributed by atoms with Gasteiger partial charge in [-0.15, -0.1) is 6.42 Å². The van der Waals surface area contributed by atoms with Crippen LogP contribution < -0.4 is 0 Å². The molecule has 0 aliphatic rings. The minimum Gasteiger partial charge on any atom is -0.106 e. The molecule has 0 aromatic carbocycles. The number of rotatable bonds is 0. The van der Waals surface area contributed by atoms with E-state index in [1.165, 1.54) is 0 Å². The molecule has 7 heavy (non-hydrogen) atoms. The highest BCUT2D eigenvalue weighted by atomic mass is 32.1. The predicted molar refractivity (Wildman–Crippen MR) is 33.4 cm³/mol. The van der Waals surface area contributed by atoms with Crippen molar-refractivity contribution in [1.29, 1.82) is 0 Å². The van der Waals surface area contributed by atoms with E-state index in [0.29, 0.717) is 0 Å². The molecule has 0 N–H and O–H groups in total. The summed E-state index contributed by atoms with van der Waals surface area (Å²) in [7, 11) is 0. The third-order valence-electron chi connectivity index (χ3n) is 0.253. The zero-order valence-electron chi connectivity index (χ0n) is 3.52. The van der Waals surface area contributed by atoms with Crippen LogP contribution in [-0.2, 0) is 0 Å². The highest BCUT2D eigenvalue weighted by Gasteiger charge is 1.46. The summed E-state index contributed by atoms with van der Waals surface area (Å²) in [5.74, 6) is 9.13. The fourth-order valence-corrected chi connectivity index (χ4v) is 0.151. The van der Waals surface area contributed by atoms with Crippen LogP contribution in [0.1, 0.15) is 0 Å². The minimum atomic E-state index is 2.10. The normalized spacial score (nSPS) is 3.43. The fourth-order valence-electron chi connectivity index (χ4n) is 0.0953. The monoisotopic (exact) mass is 106 g/mol. The lowest BCUT2D eigenvalue weighted by atomic mass is 10.6. The van der Waals surface area contributed by atoms with Crippen LogP contribution in [0.25, 0.3) is 0 Å². The van der Waals surface area contributed by atoms with Gasteiger partial charge in [0.15, 0.2) is 0 Å². The Bertz CT molecular complexity index is 186. The van der Waals surface area contributed by atoms with Crippen LogP contribution in [0.3, 0.4) is 0 Å². The maximum atomic E-state index is 4.75. The van der Waals surface area contributed by atoms with Crippen molar-refractivity contribution in [3.63, 3.8) is 0 Å². The number of hydrogen-bond donors (Lipinski definition) is 1. The third kappa shape index (κ3) is 5.03. The highest BCUT2D eigenvalue weighted by molar-refractivity contribution is 7.85. The van der Waals surface area contributed by atoms with Gasteiger partial charge >= 0.3 is 0 Å². The van der Waals surface area contributed by atoms with E-state index < -0.39 is 0 Å². The van der Waals surface area contributed by atoms with Gasteiger partial charge in [0, 0.05) is 0 Å². The zero-order valence-corrected chi connectivity index (χ0v) is 4.42. The van der Waals surface area contributed by atoms with Crippen molar-refractivity contribution in [1.82, 2.24) is 0 Å². The van der Waals surface area contributed by atoms with Crippen molar-refractivity contribution < 1.29 is 0 Å². The molecule has 0 nitrogen and oxygen atoms in total. The topological polar surface area (TPSA) is 0 Å². The first kappa shape index (κ1) is 6.03. The summed E-state index contributed by atoms with van der Waals surface area (Å²) < 4.78 is 0. The lowest BCUT2D eigenvalue weighted by Gasteiger charge is -1.48. The summed E-state index contributed by atoms with van der Waals surface area (Å²) in [5.41, 5.74) is 0. The highest BCUT2D eigenvalue weighted by Crippen LogP contribution is 1.57. The molecule has 0 aromatic heterocycles. The Labute approximate surface area is 48.7 Å². The van der Waals surface area contributed by atoms with Crippen LogP contribution in [0.5, 0.6) is 0 Å². The summed E-state index contributed by atoms with van der Waals surface area (Å²) in [6, 6.07) is 0. The molecule has 1 heteroatoms. The van der Waals surface area contributed by atoms with E-state index in [2.05, 4.69) is 41.6 Å². The van der Waals surface area contributed by atoms with Gasteiger partial charge in [0.25, 0.3) is 0 Å². The third-order valence-corrected chi connectivity index (χ3v) is 0.365.